The molecule has 3 heterocycles. The molecule has 2 amide bonds. The highest BCUT2D eigenvalue weighted by Crippen LogP contribution is 2.37. The van der Waals surface area contributed by atoms with Gasteiger partial charge < -0.3 is 9.64 Å². The highest BCUT2D eigenvalue weighted by molar-refractivity contribution is 6.35. The van der Waals surface area contributed by atoms with Crippen molar-refractivity contribution < 1.29 is 18.7 Å². The number of benzene rings is 1. The Morgan fingerprint density at radius 1 is 0.971 bits per heavy atom. The molecule has 186 valence electrons. The van der Waals surface area contributed by atoms with E-state index in [1.165, 1.54) is 33.8 Å². The van der Waals surface area contributed by atoms with Crippen molar-refractivity contribution in [2.24, 2.45) is 0 Å². The van der Waals surface area contributed by atoms with Gasteiger partial charge in [-0.1, -0.05) is 33.1 Å². The van der Waals surface area contributed by atoms with E-state index in [9.17, 15) is 18.8 Å². The average Bonchev–Trinajstić information content (AvgIpc) is 3.33. The average molecular weight is 483 g/mol. The van der Waals surface area contributed by atoms with Crippen LogP contribution in [0, 0.1) is 5.82 Å². The fourth-order valence-corrected chi connectivity index (χ4v) is 5.40. The second-order valence-electron chi connectivity index (χ2n) is 9.77. The summed E-state index contributed by atoms with van der Waals surface area (Å²) in [5.41, 5.74) is 1.31. The Hall–Kier alpha value is -3.20. The van der Waals surface area contributed by atoms with E-state index in [1.807, 2.05) is 18.7 Å². The zero-order valence-electron chi connectivity index (χ0n) is 20.2. The third-order valence-electron chi connectivity index (χ3n) is 7.19. The minimum absolute atomic E-state index is 0.121. The minimum atomic E-state index is -0.423. The molecule has 2 fully saturated rings. The van der Waals surface area contributed by atoms with Gasteiger partial charge in [0, 0.05) is 24.8 Å². The number of carbonyl (C=O) groups excluding carboxylic acids is 2. The Labute approximate surface area is 203 Å². The molecule has 3 aliphatic rings. The number of halogens is 1. The lowest BCUT2D eigenvalue weighted by atomic mass is 9.94. The number of amides is 2. The number of carbonyl (C=O) groups is 2. The summed E-state index contributed by atoms with van der Waals surface area (Å²) < 4.78 is 20.3. The molecule has 9 heteroatoms. The zero-order chi connectivity index (χ0) is 24.7. The Bertz CT molecular complexity index is 1210. The number of aromatic nitrogens is 2. The van der Waals surface area contributed by atoms with Crippen LogP contribution in [0.2, 0.25) is 0 Å². The summed E-state index contributed by atoms with van der Waals surface area (Å²) in [5.74, 6) is -1.24. The van der Waals surface area contributed by atoms with Crippen molar-refractivity contribution in [3.05, 3.63) is 57.4 Å². The number of imide groups is 1. The van der Waals surface area contributed by atoms with Gasteiger partial charge in [0.15, 0.2) is 0 Å². The first kappa shape index (κ1) is 23.5. The number of nitrogens with one attached hydrogen (secondary N) is 1. The Kier molecular flexibility index (Phi) is 6.35. The molecule has 1 aromatic carbocycles. The standard InChI is InChI=1S/C26H31FN4O4/c1-16(2)22-20(25(33)31(28-22)19-10-8-17(27)9-11-19)21-23(29-12-14-35-15-13-29)26(34)30(24(21)32)18-6-4-3-5-7-18/h8-11,16,18,28H,3-7,12-15H2,1-2H3. The predicted molar refractivity (Wildman–Crippen MR) is 128 cm³/mol. The fraction of sp³-hybridized carbons (Fsp3) is 0.500. The first-order chi connectivity index (χ1) is 16.9. The van der Waals surface area contributed by atoms with Crippen LogP contribution in [0.3, 0.4) is 0 Å². The molecule has 5 rings (SSSR count). The molecule has 0 spiro atoms. The predicted octanol–water partition coefficient (Wildman–Crippen LogP) is 3.17. The largest absolute Gasteiger partial charge is 0.378 e. The van der Waals surface area contributed by atoms with Crippen LogP contribution in [0.1, 0.15) is 63.1 Å². The van der Waals surface area contributed by atoms with Gasteiger partial charge in [-0.05, 0) is 43.0 Å². The van der Waals surface area contributed by atoms with Crippen LogP contribution in [0.15, 0.2) is 34.8 Å². The lowest BCUT2D eigenvalue weighted by Crippen LogP contribution is -2.45. The van der Waals surface area contributed by atoms with Crippen molar-refractivity contribution >= 4 is 17.4 Å². The van der Waals surface area contributed by atoms with Crippen molar-refractivity contribution in [3.63, 3.8) is 0 Å². The summed E-state index contributed by atoms with van der Waals surface area (Å²) in [7, 11) is 0. The SMILES string of the molecule is CC(C)c1[nH]n(-c2ccc(F)cc2)c(=O)c1C1=C(N2CCOCC2)C(=O)N(C2CCCCC2)C1=O. The quantitative estimate of drug-likeness (QED) is 0.662. The van der Waals surface area contributed by atoms with Crippen molar-refractivity contribution in [1.29, 1.82) is 0 Å². The first-order valence-electron chi connectivity index (χ1n) is 12.4. The number of hydrogen-bond acceptors (Lipinski definition) is 5. The summed E-state index contributed by atoms with van der Waals surface area (Å²) in [6.45, 7) is 5.71. The highest BCUT2D eigenvalue weighted by atomic mass is 19.1. The van der Waals surface area contributed by atoms with Gasteiger partial charge in [-0.25, -0.2) is 9.07 Å². The number of H-pyrrole nitrogens is 1. The molecule has 1 saturated heterocycles. The molecule has 0 bridgehead atoms. The van der Waals surface area contributed by atoms with Gasteiger partial charge in [-0.15, -0.1) is 0 Å². The second-order valence-corrected chi connectivity index (χ2v) is 9.77. The van der Waals surface area contributed by atoms with Crippen LogP contribution in [0.4, 0.5) is 4.39 Å². The van der Waals surface area contributed by atoms with Crippen molar-refractivity contribution in [2.75, 3.05) is 26.3 Å². The molecule has 1 aromatic heterocycles. The normalized spacial score (nSPS) is 20.0. The lowest BCUT2D eigenvalue weighted by Gasteiger charge is -2.32. The smallest absolute Gasteiger partial charge is 0.279 e. The number of nitrogens with zero attached hydrogens (tertiary/aromatic N) is 3. The third-order valence-corrected chi connectivity index (χ3v) is 7.19. The number of hydrogen-bond donors (Lipinski definition) is 1. The van der Waals surface area contributed by atoms with Gasteiger partial charge in [-0.3, -0.25) is 24.4 Å². The van der Waals surface area contributed by atoms with Gasteiger partial charge >= 0.3 is 0 Å². The Balaban J connectivity index is 1.69. The van der Waals surface area contributed by atoms with Crippen LogP contribution in [0.5, 0.6) is 0 Å². The van der Waals surface area contributed by atoms with E-state index in [2.05, 4.69) is 5.10 Å². The molecule has 2 aromatic rings. The van der Waals surface area contributed by atoms with Crippen LogP contribution in [-0.4, -0.2) is 63.7 Å². The number of ether oxygens (including phenoxy) is 1. The summed E-state index contributed by atoms with van der Waals surface area (Å²) in [6, 6.07) is 5.43. The van der Waals surface area contributed by atoms with Crippen molar-refractivity contribution in [1.82, 2.24) is 19.6 Å². The highest BCUT2D eigenvalue weighted by Gasteiger charge is 2.47. The molecule has 8 nitrogen and oxygen atoms in total. The molecule has 1 aliphatic carbocycles. The van der Waals surface area contributed by atoms with E-state index in [-0.39, 0.29) is 29.0 Å². The summed E-state index contributed by atoms with van der Waals surface area (Å²) in [6.07, 6.45) is 4.61. The molecule has 0 radical (unpaired) electrons. The molecule has 2 aliphatic heterocycles. The third kappa shape index (κ3) is 4.11. The molecule has 1 N–H and O–H groups in total. The topological polar surface area (TPSA) is 87.6 Å². The van der Waals surface area contributed by atoms with Crippen LogP contribution in [0.25, 0.3) is 11.3 Å². The van der Waals surface area contributed by atoms with Gasteiger partial charge in [0.1, 0.15) is 11.5 Å². The number of morpholine rings is 1. The maximum absolute atomic E-state index is 14.0. The molecular formula is C26H31FN4O4. The van der Waals surface area contributed by atoms with Gasteiger partial charge in [0.25, 0.3) is 17.4 Å². The number of aromatic amines is 1. The maximum Gasteiger partial charge on any atom is 0.279 e. The van der Waals surface area contributed by atoms with E-state index in [0.29, 0.717) is 43.4 Å². The van der Waals surface area contributed by atoms with Gasteiger partial charge in [0.2, 0.25) is 0 Å². The zero-order valence-corrected chi connectivity index (χ0v) is 20.2. The molecule has 0 unspecified atom stereocenters. The van der Waals surface area contributed by atoms with Crippen molar-refractivity contribution in [3.8, 4) is 5.69 Å². The maximum atomic E-state index is 14.0. The van der Waals surface area contributed by atoms with E-state index in [1.54, 1.807) is 0 Å². The van der Waals surface area contributed by atoms with E-state index < -0.39 is 17.3 Å². The molecular weight excluding hydrogens is 451 g/mol. The van der Waals surface area contributed by atoms with Crippen molar-refractivity contribution in [2.45, 2.75) is 57.9 Å². The first-order valence-corrected chi connectivity index (χ1v) is 12.4. The van der Waals surface area contributed by atoms with Gasteiger partial charge in [-0.2, -0.15) is 0 Å². The Morgan fingerprint density at radius 2 is 1.63 bits per heavy atom. The number of rotatable bonds is 5. The van der Waals surface area contributed by atoms with E-state index >= 15 is 0 Å². The summed E-state index contributed by atoms with van der Waals surface area (Å²) in [4.78, 5) is 44.9. The van der Waals surface area contributed by atoms with Crippen LogP contribution in [-0.2, 0) is 14.3 Å². The fourth-order valence-electron chi connectivity index (χ4n) is 5.40. The molecule has 1 saturated carbocycles. The Morgan fingerprint density at radius 3 is 2.26 bits per heavy atom. The van der Waals surface area contributed by atoms with E-state index in [0.717, 1.165) is 32.1 Å². The summed E-state index contributed by atoms with van der Waals surface area (Å²) in [5, 5.41) is 3.14. The van der Waals surface area contributed by atoms with Crippen LogP contribution < -0.4 is 5.56 Å². The van der Waals surface area contributed by atoms with Gasteiger partial charge in [0.05, 0.1) is 30.0 Å². The molecule has 35 heavy (non-hydrogen) atoms. The second kappa shape index (κ2) is 9.45. The lowest BCUT2D eigenvalue weighted by molar-refractivity contribution is -0.141. The monoisotopic (exact) mass is 482 g/mol. The molecule has 0 atom stereocenters. The van der Waals surface area contributed by atoms with E-state index in [4.69, 9.17) is 4.74 Å². The minimum Gasteiger partial charge on any atom is -0.378 e. The summed E-state index contributed by atoms with van der Waals surface area (Å²) >= 11 is 0. The van der Waals surface area contributed by atoms with Crippen LogP contribution >= 0.6 is 0 Å².